The Morgan fingerprint density at radius 1 is 1.28 bits per heavy atom. The molecule has 8 nitrogen and oxygen atoms in total. The van der Waals surface area contributed by atoms with Crippen molar-refractivity contribution in [2.75, 3.05) is 32.6 Å². The van der Waals surface area contributed by atoms with E-state index in [4.69, 9.17) is 9.47 Å². The lowest BCUT2D eigenvalue weighted by Gasteiger charge is -2.25. The molecule has 0 spiro atoms. The summed E-state index contributed by atoms with van der Waals surface area (Å²) >= 11 is 1.34. The average molecular weight is 418 g/mol. The summed E-state index contributed by atoms with van der Waals surface area (Å²) in [6, 6.07) is 4.56. The van der Waals surface area contributed by atoms with E-state index in [9.17, 15) is 14.4 Å². The van der Waals surface area contributed by atoms with Gasteiger partial charge in [0.15, 0.2) is 11.8 Å². The number of ether oxygens (including phenoxy) is 2. The van der Waals surface area contributed by atoms with Gasteiger partial charge in [0.2, 0.25) is 0 Å². The van der Waals surface area contributed by atoms with Crippen LogP contribution in [0.2, 0.25) is 0 Å². The average Bonchev–Trinajstić information content (AvgIpc) is 3.18. The van der Waals surface area contributed by atoms with E-state index >= 15 is 0 Å². The van der Waals surface area contributed by atoms with E-state index in [-0.39, 0.29) is 18.4 Å². The van der Waals surface area contributed by atoms with Gasteiger partial charge < -0.3 is 14.8 Å². The summed E-state index contributed by atoms with van der Waals surface area (Å²) in [5.74, 6) is 0.545. The number of hydrogen-bond donors (Lipinski definition) is 1. The number of thioether (sulfide) groups is 1. The second-order valence-corrected chi connectivity index (χ2v) is 8.09. The molecule has 1 aromatic carbocycles. The first-order chi connectivity index (χ1) is 13.8. The lowest BCUT2D eigenvalue weighted by atomic mass is 10.1. The Hall–Kier alpha value is -2.81. The third-order valence-electron chi connectivity index (χ3n) is 4.52. The first-order valence-electron chi connectivity index (χ1n) is 9.19. The number of methoxy groups -OCH3 is 2. The molecule has 4 amide bonds. The smallest absolute Gasteiger partial charge is 0.497 e. The fourth-order valence-electron chi connectivity index (χ4n) is 3.18. The van der Waals surface area contributed by atoms with E-state index in [1.54, 1.807) is 36.8 Å². The number of allylic oxidation sites excluding steroid dienone is 1. The lowest BCUT2D eigenvalue weighted by molar-refractivity contribution is -0.426. The highest BCUT2D eigenvalue weighted by molar-refractivity contribution is 8.04. The fourth-order valence-corrected chi connectivity index (χ4v) is 4.14. The topological polar surface area (TPSA) is 88.0 Å². The molecule has 0 fully saturated rings. The molecule has 1 atom stereocenters. The molecule has 1 N–H and O–H groups in total. The molecule has 29 heavy (non-hydrogen) atoms. The van der Waals surface area contributed by atoms with Crippen LogP contribution in [0.4, 0.5) is 10.5 Å². The van der Waals surface area contributed by atoms with Crippen molar-refractivity contribution in [3.05, 3.63) is 29.7 Å². The van der Waals surface area contributed by atoms with E-state index in [1.165, 1.54) is 28.3 Å². The maximum Gasteiger partial charge on any atom is 0.501 e. The van der Waals surface area contributed by atoms with Crippen LogP contribution >= 0.6 is 11.8 Å². The van der Waals surface area contributed by atoms with Gasteiger partial charge in [0.25, 0.3) is 5.91 Å². The van der Waals surface area contributed by atoms with Gasteiger partial charge in [0, 0.05) is 6.07 Å². The molecule has 1 aromatic rings. The molecule has 0 aliphatic carbocycles. The molecule has 9 heteroatoms. The molecule has 0 bridgehead atoms. The second-order valence-electron chi connectivity index (χ2n) is 7.07. The predicted molar refractivity (Wildman–Crippen MR) is 111 cm³/mol. The number of carbonyl (C=O) groups excluding carboxylic acids is 3. The molecule has 0 saturated carbocycles. The number of carbonyl (C=O) groups is 3. The van der Waals surface area contributed by atoms with E-state index in [0.29, 0.717) is 29.4 Å². The van der Waals surface area contributed by atoms with Crippen LogP contribution in [0.25, 0.3) is 0 Å². The molecule has 2 heterocycles. The van der Waals surface area contributed by atoms with Gasteiger partial charge in [-0.15, -0.1) is 11.8 Å². The lowest BCUT2D eigenvalue weighted by Crippen LogP contribution is -2.57. The van der Waals surface area contributed by atoms with Crippen molar-refractivity contribution in [1.29, 1.82) is 0 Å². The summed E-state index contributed by atoms with van der Waals surface area (Å²) in [7, 11) is 3.04. The fraction of sp³-hybridized carbons (Fsp3) is 0.400. The van der Waals surface area contributed by atoms with Crippen molar-refractivity contribution in [1.82, 2.24) is 4.90 Å². The molecule has 0 saturated heterocycles. The van der Waals surface area contributed by atoms with Crippen LogP contribution in [0, 0.1) is 5.92 Å². The molecular weight excluding hydrogens is 394 g/mol. The highest BCUT2D eigenvalue weighted by atomic mass is 32.2. The van der Waals surface area contributed by atoms with Crippen LogP contribution in [0.3, 0.4) is 0 Å². The van der Waals surface area contributed by atoms with Crippen LogP contribution in [0.1, 0.15) is 13.8 Å². The number of benzene rings is 1. The van der Waals surface area contributed by atoms with Crippen molar-refractivity contribution in [2.24, 2.45) is 5.92 Å². The largest absolute Gasteiger partial charge is 0.501 e. The zero-order valence-corrected chi connectivity index (χ0v) is 17.6. The third-order valence-corrected chi connectivity index (χ3v) is 5.53. The van der Waals surface area contributed by atoms with Gasteiger partial charge >= 0.3 is 11.9 Å². The van der Waals surface area contributed by atoms with Crippen LogP contribution in [-0.4, -0.2) is 65.6 Å². The maximum atomic E-state index is 13.0. The van der Waals surface area contributed by atoms with Gasteiger partial charge in [-0.25, -0.2) is 4.79 Å². The molecule has 154 valence electrons. The van der Waals surface area contributed by atoms with Crippen molar-refractivity contribution < 1.29 is 28.4 Å². The molecule has 2 aliphatic rings. The van der Waals surface area contributed by atoms with Crippen molar-refractivity contribution in [3.8, 4) is 11.5 Å². The van der Waals surface area contributed by atoms with Crippen molar-refractivity contribution in [3.63, 3.8) is 0 Å². The van der Waals surface area contributed by atoms with E-state index in [1.807, 2.05) is 13.8 Å². The molecule has 1 unspecified atom stereocenters. The normalized spacial score (nSPS) is 18.4. The zero-order valence-electron chi connectivity index (χ0n) is 16.8. The minimum atomic E-state index is -0.491. The van der Waals surface area contributed by atoms with Crippen LogP contribution in [-0.2, 0) is 9.59 Å². The van der Waals surface area contributed by atoms with Gasteiger partial charge in [-0.05, 0) is 29.5 Å². The SMILES string of the molecule is COc1ccc(NC(=O)C[N+]2=C3C=CSC3C(=O)N(CC(C)C)C2=O)c(OC)c1. The number of anilines is 1. The monoisotopic (exact) mass is 418 g/mol. The minimum absolute atomic E-state index is 0.128. The molecule has 2 aliphatic heterocycles. The minimum Gasteiger partial charge on any atom is -0.497 e. The van der Waals surface area contributed by atoms with Crippen LogP contribution in [0.15, 0.2) is 29.7 Å². The summed E-state index contributed by atoms with van der Waals surface area (Å²) in [5.41, 5.74) is 1.01. The summed E-state index contributed by atoms with van der Waals surface area (Å²) in [5, 5.41) is 4.05. The second kappa shape index (κ2) is 8.69. The van der Waals surface area contributed by atoms with E-state index in [0.717, 1.165) is 0 Å². The number of rotatable bonds is 7. The number of imide groups is 1. The standard InChI is InChI=1S/C20H23N3O5S/c1-12(2)10-23-19(25)18-15(7-8-29-18)22(20(23)26)11-17(24)21-14-6-5-13(27-3)9-16(14)28-4/h5-9,12,18H,10-11H2,1-4H3/p+1. The Kier molecular flexibility index (Phi) is 6.26. The van der Waals surface area contributed by atoms with Crippen molar-refractivity contribution >= 4 is 41.0 Å². The first kappa shape index (κ1) is 20.9. The third kappa shape index (κ3) is 4.29. The number of amides is 4. The molecular formula is C20H24N3O5S+. The van der Waals surface area contributed by atoms with Crippen LogP contribution < -0.4 is 14.8 Å². The molecule has 0 radical (unpaired) electrons. The van der Waals surface area contributed by atoms with Crippen LogP contribution in [0.5, 0.6) is 11.5 Å². The molecule has 3 rings (SSSR count). The maximum absolute atomic E-state index is 13.0. The summed E-state index contributed by atoms with van der Waals surface area (Å²) in [6.45, 7) is 3.98. The Labute approximate surface area is 173 Å². The quantitative estimate of drug-likeness (QED) is 0.684. The Morgan fingerprint density at radius 3 is 2.69 bits per heavy atom. The van der Waals surface area contributed by atoms with Gasteiger partial charge in [-0.3, -0.25) is 4.79 Å². The van der Waals surface area contributed by atoms with Gasteiger partial charge in [-0.1, -0.05) is 13.8 Å². The number of hydrogen-bond acceptors (Lipinski definition) is 6. The molecule has 0 aromatic heterocycles. The number of nitrogens with one attached hydrogen (secondary N) is 1. The number of fused-ring (bicyclic) bond motifs is 1. The van der Waals surface area contributed by atoms with E-state index in [2.05, 4.69) is 5.32 Å². The first-order valence-corrected chi connectivity index (χ1v) is 10.1. The van der Waals surface area contributed by atoms with Crippen molar-refractivity contribution in [2.45, 2.75) is 19.1 Å². The van der Waals surface area contributed by atoms with Gasteiger partial charge in [0.1, 0.15) is 17.2 Å². The summed E-state index contributed by atoms with van der Waals surface area (Å²) in [6.07, 6.45) is 1.72. The van der Waals surface area contributed by atoms with E-state index < -0.39 is 17.2 Å². The zero-order chi connectivity index (χ0) is 21.1. The number of nitrogens with zero attached hydrogens (tertiary/aromatic N) is 2. The van der Waals surface area contributed by atoms with Gasteiger partial charge in [0.05, 0.1) is 26.5 Å². The Bertz CT molecular complexity index is 909. The Balaban J connectivity index is 1.83. The highest BCUT2D eigenvalue weighted by Gasteiger charge is 2.49. The summed E-state index contributed by atoms with van der Waals surface area (Å²) in [4.78, 5) is 39.6. The predicted octanol–water partition coefficient (Wildman–Crippen LogP) is 2.34. The van der Waals surface area contributed by atoms with Gasteiger partial charge in [-0.2, -0.15) is 14.3 Å². The number of urea groups is 1. The summed E-state index contributed by atoms with van der Waals surface area (Å²) < 4.78 is 11.8. The Morgan fingerprint density at radius 2 is 2.03 bits per heavy atom. The highest BCUT2D eigenvalue weighted by Crippen LogP contribution is 2.30.